The largest absolute Gasteiger partial charge is 0.481 e. The molecule has 0 radical (unpaired) electrons. The lowest BCUT2D eigenvalue weighted by Gasteiger charge is -2.18. The maximum atomic E-state index is 12.8. The molecular weight excluding hydrogens is 395 g/mol. The van der Waals surface area contributed by atoms with Crippen molar-refractivity contribution >= 4 is 22.6 Å². The van der Waals surface area contributed by atoms with Crippen molar-refractivity contribution in [2.45, 2.75) is 31.5 Å². The zero-order valence-electron chi connectivity index (χ0n) is 15.9. The third-order valence-corrected chi connectivity index (χ3v) is 4.70. The Balaban J connectivity index is 1.71. The summed E-state index contributed by atoms with van der Waals surface area (Å²) in [6.07, 6.45) is -4.75. The smallest absolute Gasteiger partial charge is 0.416 e. The van der Waals surface area contributed by atoms with Crippen LogP contribution in [0.1, 0.15) is 23.1 Å². The quantitative estimate of drug-likeness (QED) is 0.593. The Labute approximate surface area is 171 Å². The predicted molar refractivity (Wildman–Crippen MR) is 107 cm³/mol. The molecule has 0 heterocycles. The van der Waals surface area contributed by atoms with E-state index in [-0.39, 0.29) is 18.4 Å². The van der Waals surface area contributed by atoms with Gasteiger partial charge in [-0.3, -0.25) is 9.59 Å². The van der Waals surface area contributed by atoms with Gasteiger partial charge in [0.05, 0.1) is 18.4 Å². The molecule has 0 saturated carbocycles. The molecule has 0 fully saturated rings. The highest BCUT2D eigenvalue weighted by molar-refractivity contribution is 5.83. The van der Waals surface area contributed by atoms with E-state index in [1.54, 1.807) is 0 Å². The molecule has 1 amide bonds. The van der Waals surface area contributed by atoms with Gasteiger partial charge in [-0.2, -0.15) is 13.2 Å². The lowest BCUT2D eigenvalue weighted by molar-refractivity contribution is -0.138. The first-order chi connectivity index (χ1) is 14.2. The van der Waals surface area contributed by atoms with Crippen LogP contribution in [0.2, 0.25) is 0 Å². The molecule has 0 bridgehead atoms. The minimum atomic E-state index is -4.49. The Hall–Kier alpha value is -3.35. The van der Waals surface area contributed by atoms with Crippen molar-refractivity contribution in [1.82, 2.24) is 5.32 Å². The van der Waals surface area contributed by atoms with E-state index >= 15 is 0 Å². The van der Waals surface area contributed by atoms with Gasteiger partial charge in [0.15, 0.2) is 0 Å². The number of hydrogen-bond acceptors (Lipinski definition) is 2. The minimum Gasteiger partial charge on any atom is -0.481 e. The molecule has 3 aromatic carbocycles. The van der Waals surface area contributed by atoms with E-state index in [0.717, 1.165) is 28.5 Å². The highest BCUT2D eigenvalue weighted by Crippen LogP contribution is 2.29. The van der Waals surface area contributed by atoms with Crippen LogP contribution in [0.5, 0.6) is 0 Å². The van der Waals surface area contributed by atoms with E-state index in [1.165, 1.54) is 12.1 Å². The molecule has 156 valence electrons. The van der Waals surface area contributed by atoms with Crippen LogP contribution in [0.25, 0.3) is 10.8 Å². The van der Waals surface area contributed by atoms with Crippen molar-refractivity contribution in [3.05, 3.63) is 83.4 Å². The van der Waals surface area contributed by atoms with E-state index in [9.17, 15) is 27.9 Å². The van der Waals surface area contributed by atoms with Crippen molar-refractivity contribution < 1.29 is 27.9 Å². The summed E-state index contributed by atoms with van der Waals surface area (Å²) in [7, 11) is 0. The molecule has 3 aromatic rings. The second kappa shape index (κ2) is 8.98. The molecule has 0 aliphatic rings. The summed E-state index contributed by atoms with van der Waals surface area (Å²) in [4.78, 5) is 23.6. The number of amides is 1. The number of fused-ring (bicyclic) bond motifs is 1. The second-order valence-electron chi connectivity index (χ2n) is 7.12. The first-order valence-corrected chi connectivity index (χ1v) is 9.35. The van der Waals surface area contributed by atoms with Crippen LogP contribution >= 0.6 is 0 Å². The molecule has 0 saturated heterocycles. The summed E-state index contributed by atoms with van der Waals surface area (Å²) in [6.45, 7) is 0. The van der Waals surface area contributed by atoms with Crippen molar-refractivity contribution in [2.24, 2.45) is 0 Å². The monoisotopic (exact) mass is 415 g/mol. The molecular formula is C23H20F3NO3. The number of rotatable bonds is 7. The number of hydrogen-bond donors (Lipinski definition) is 2. The number of alkyl halides is 3. The fourth-order valence-corrected chi connectivity index (χ4v) is 3.36. The highest BCUT2D eigenvalue weighted by atomic mass is 19.4. The first kappa shape index (κ1) is 21.4. The van der Waals surface area contributed by atoms with Crippen LogP contribution < -0.4 is 5.32 Å². The molecule has 0 spiro atoms. The number of benzene rings is 3. The van der Waals surface area contributed by atoms with E-state index in [1.807, 2.05) is 42.5 Å². The summed E-state index contributed by atoms with van der Waals surface area (Å²) in [5.74, 6) is -1.60. The summed E-state index contributed by atoms with van der Waals surface area (Å²) < 4.78 is 38.5. The van der Waals surface area contributed by atoms with Crippen LogP contribution in [0.15, 0.2) is 66.7 Å². The maximum absolute atomic E-state index is 12.8. The van der Waals surface area contributed by atoms with E-state index in [0.29, 0.717) is 6.42 Å². The van der Waals surface area contributed by atoms with Crippen LogP contribution in [0, 0.1) is 0 Å². The van der Waals surface area contributed by atoms with Gasteiger partial charge in [-0.05, 0) is 34.4 Å². The Bertz CT molecular complexity index is 1060. The highest BCUT2D eigenvalue weighted by Gasteiger charge is 2.30. The number of halogens is 3. The third-order valence-electron chi connectivity index (χ3n) is 4.70. The van der Waals surface area contributed by atoms with Crippen LogP contribution in [-0.2, 0) is 28.6 Å². The summed E-state index contributed by atoms with van der Waals surface area (Å²) in [5.41, 5.74) is 0.243. The molecule has 4 nitrogen and oxygen atoms in total. The maximum Gasteiger partial charge on any atom is 0.416 e. The summed E-state index contributed by atoms with van der Waals surface area (Å²) in [5, 5.41) is 13.9. The second-order valence-corrected chi connectivity index (χ2v) is 7.12. The average molecular weight is 415 g/mol. The van der Waals surface area contributed by atoms with Gasteiger partial charge in [0.25, 0.3) is 0 Å². The zero-order valence-corrected chi connectivity index (χ0v) is 15.9. The SMILES string of the molecule is O=C(O)CC(Cc1ccc2ccccc2c1)NC(=O)Cc1cccc(C(F)(F)F)c1. The number of carboxylic acids is 1. The number of carbonyl (C=O) groups excluding carboxylic acids is 1. The fraction of sp³-hybridized carbons (Fsp3) is 0.217. The van der Waals surface area contributed by atoms with Gasteiger partial charge in [0.1, 0.15) is 0 Å². The van der Waals surface area contributed by atoms with Crippen LogP contribution in [0.3, 0.4) is 0 Å². The van der Waals surface area contributed by atoms with Gasteiger partial charge in [-0.1, -0.05) is 60.7 Å². The molecule has 0 aliphatic carbocycles. The van der Waals surface area contributed by atoms with Crippen LogP contribution in [-0.4, -0.2) is 23.0 Å². The number of carboxylic acid groups (broad SMARTS) is 1. The molecule has 30 heavy (non-hydrogen) atoms. The summed E-state index contributed by atoms with van der Waals surface area (Å²) >= 11 is 0. The molecule has 0 aromatic heterocycles. The lowest BCUT2D eigenvalue weighted by atomic mass is 9.99. The van der Waals surface area contributed by atoms with Crippen molar-refractivity contribution in [1.29, 1.82) is 0 Å². The van der Waals surface area contributed by atoms with Crippen LogP contribution in [0.4, 0.5) is 13.2 Å². The molecule has 0 aliphatic heterocycles. The van der Waals surface area contributed by atoms with Gasteiger partial charge in [-0.15, -0.1) is 0 Å². The standard InChI is InChI=1S/C23H20F3NO3/c24-23(25,26)19-7-3-4-15(11-19)13-21(28)27-20(14-22(29)30)12-16-8-9-17-5-1-2-6-18(17)10-16/h1-11,20H,12-14H2,(H,27,28)(H,29,30). The lowest BCUT2D eigenvalue weighted by Crippen LogP contribution is -2.39. The minimum absolute atomic E-state index is 0.210. The van der Waals surface area contributed by atoms with Crippen molar-refractivity contribution in [2.75, 3.05) is 0 Å². The Morgan fingerprint density at radius 2 is 1.63 bits per heavy atom. The number of aliphatic carboxylic acids is 1. The van der Waals surface area contributed by atoms with Gasteiger partial charge in [0.2, 0.25) is 5.91 Å². The Morgan fingerprint density at radius 1 is 0.900 bits per heavy atom. The molecule has 2 N–H and O–H groups in total. The molecule has 1 unspecified atom stereocenters. The Morgan fingerprint density at radius 3 is 2.33 bits per heavy atom. The molecule has 3 rings (SSSR count). The topological polar surface area (TPSA) is 66.4 Å². The van der Waals surface area contributed by atoms with Gasteiger partial charge in [0, 0.05) is 6.04 Å². The number of carbonyl (C=O) groups is 2. The third kappa shape index (κ3) is 5.83. The van der Waals surface area contributed by atoms with Gasteiger partial charge >= 0.3 is 12.1 Å². The van der Waals surface area contributed by atoms with Gasteiger partial charge < -0.3 is 10.4 Å². The zero-order chi connectivity index (χ0) is 21.7. The molecule has 1 atom stereocenters. The normalized spacial score (nSPS) is 12.5. The first-order valence-electron chi connectivity index (χ1n) is 9.35. The average Bonchev–Trinajstić information content (AvgIpc) is 2.67. The molecule has 7 heteroatoms. The van der Waals surface area contributed by atoms with Crippen molar-refractivity contribution in [3.8, 4) is 0 Å². The van der Waals surface area contributed by atoms with Crippen molar-refractivity contribution in [3.63, 3.8) is 0 Å². The predicted octanol–water partition coefficient (Wildman–Crippen LogP) is 4.60. The fourth-order valence-electron chi connectivity index (χ4n) is 3.36. The van der Waals surface area contributed by atoms with E-state index < -0.39 is 29.7 Å². The summed E-state index contributed by atoms with van der Waals surface area (Å²) in [6, 6.07) is 17.3. The Kier molecular flexibility index (Phi) is 6.40. The number of nitrogens with one attached hydrogen (secondary N) is 1. The van der Waals surface area contributed by atoms with E-state index in [2.05, 4.69) is 5.32 Å². The van der Waals surface area contributed by atoms with Gasteiger partial charge in [-0.25, -0.2) is 0 Å². The van der Waals surface area contributed by atoms with E-state index in [4.69, 9.17) is 0 Å².